The number of benzene rings is 2. The number of nitrogens with one attached hydrogen (secondary N) is 1. The Kier molecular flexibility index (Phi) is 6.44. The lowest BCUT2D eigenvalue weighted by molar-refractivity contribution is 0.573. The van der Waals surface area contributed by atoms with Crippen molar-refractivity contribution in [3.05, 3.63) is 69.7 Å². The number of hydrogen-bond donors (Lipinski definition) is 1. The van der Waals surface area contributed by atoms with Gasteiger partial charge in [-0.25, -0.2) is 0 Å². The van der Waals surface area contributed by atoms with Crippen LogP contribution in [0.3, 0.4) is 0 Å². The lowest BCUT2D eigenvalue weighted by atomic mass is 9.95. The molecule has 1 heterocycles. The second kappa shape index (κ2) is 7.90. The summed E-state index contributed by atoms with van der Waals surface area (Å²) in [6.07, 6.45) is 2.00. The zero-order valence-corrected chi connectivity index (χ0v) is 16.5. The van der Waals surface area contributed by atoms with Crippen molar-refractivity contribution in [3.8, 4) is 0 Å². The van der Waals surface area contributed by atoms with Gasteiger partial charge in [-0.1, -0.05) is 71.4 Å². The third kappa shape index (κ3) is 3.55. The van der Waals surface area contributed by atoms with Crippen LogP contribution in [0.15, 0.2) is 53.5 Å². The summed E-state index contributed by atoms with van der Waals surface area (Å²) in [5, 5.41) is 5.82. The van der Waals surface area contributed by atoms with Crippen molar-refractivity contribution >= 4 is 64.1 Å². The molecule has 0 aromatic heterocycles. The maximum Gasteiger partial charge on any atom is 0.157 e. The van der Waals surface area contributed by atoms with Crippen molar-refractivity contribution in [1.29, 1.82) is 0 Å². The van der Waals surface area contributed by atoms with E-state index < -0.39 is 0 Å². The molecule has 6 heteroatoms. The van der Waals surface area contributed by atoms with Crippen LogP contribution in [0.1, 0.15) is 23.2 Å². The molecule has 0 saturated heterocycles. The molecule has 22 heavy (non-hydrogen) atoms. The fourth-order valence-electron chi connectivity index (χ4n) is 2.50. The lowest BCUT2D eigenvalue weighted by Crippen LogP contribution is -2.22. The van der Waals surface area contributed by atoms with Crippen LogP contribution in [0.4, 0.5) is 0 Å². The van der Waals surface area contributed by atoms with Gasteiger partial charge in [0.25, 0.3) is 0 Å². The number of amidine groups is 1. The molecule has 116 valence electrons. The Morgan fingerprint density at radius 2 is 1.50 bits per heavy atom. The molecule has 1 aliphatic heterocycles. The largest absolute Gasteiger partial charge is 0.356 e. The van der Waals surface area contributed by atoms with Crippen LogP contribution in [0.2, 0.25) is 10.0 Å². The van der Waals surface area contributed by atoms with Gasteiger partial charge in [0.15, 0.2) is 5.17 Å². The van der Waals surface area contributed by atoms with Gasteiger partial charge >= 0.3 is 0 Å². The first-order valence-corrected chi connectivity index (χ1v) is 8.56. The first-order valence-electron chi connectivity index (χ1n) is 6.58. The Hall–Kier alpha value is -0.430. The summed E-state index contributed by atoms with van der Waals surface area (Å²) in [4.78, 5) is 4.76. The van der Waals surface area contributed by atoms with Gasteiger partial charge in [-0.05, 0) is 29.5 Å². The van der Waals surface area contributed by atoms with Crippen molar-refractivity contribution in [2.75, 3.05) is 6.26 Å². The smallest absolute Gasteiger partial charge is 0.157 e. The Labute approximate surface area is 161 Å². The van der Waals surface area contributed by atoms with E-state index in [9.17, 15) is 0 Å². The zero-order valence-electron chi connectivity index (χ0n) is 11.8. The predicted molar refractivity (Wildman–Crippen MR) is 108 cm³/mol. The minimum Gasteiger partial charge on any atom is -0.356 e. The predicted octanol–water partition coefficient (Wildman–Crippen LogP) is 5.72. The van der Waals surface area contributed by atoms with Crippen molar-refractivity contribution in [3.63, 3.8) is 0 Å². The van der Waals surface area contributed by atoms with Crippen LogP contribution >= 0.6 is 58.9 Å². The fraction of sp³-hybridized carbons (Fsp3) is 0.188. The molecular formula is C16H15Cl2IN2S. The zero-order chi connectivity index (χ0) is 14.8. The van der Waals surface area contributed by atoms with E-state index in [1.165, 1.54) is 0 Å². The van der Waals surface area contributed by atoms with E-state index in [1.807, 2.05) is 54.8 Å². The summed E-state index contributed by atoms with van der Waals surface area (Å²) in [7, 11) is 0. The average Bonchev–Trinajstić information content (AvgIpc) is 2.92. The molecule has 3 rings (SSSR count). The monoisotopic (exact) mass is 464 g/mol. The minimum absolute atomic E-state index is 0. The third-order valence-corrected chi connectivity index (χ3v) is 4.81. The van der Waals surface area contributed by atoms with Gasteiger partial charge in [0, 0.05) is 10.0 Å². The SMILES string of the molecule is CSC1=NC(c2ccccc2Cl)C(c2ccccc2Cl)N1.I. The van der Waals surface area contributed by atoms with E-state index >= 15 is 0 Å². The van der Waals surface area contributed by atoms with Crippen molar-refractivity contribution in [1.82, 2.24) is 5.32 Å². The van der Waals surface area contributed by atoms with Crippen molar-refractivity contribution in [2.45, 2.75) is 12.1 Å². The second-order valence-corrected chi connectivity index (χ2v) is 6.36. The Morgan fingerprint density at radius 3 is 2.05 bits per heavy atom. The Bertz CT molecular complexity index is 693. The molecule has 2 aromatic rings. The number of aliphatic imine (C=N–C) groups is 1. The van der Waals surface area contributed by atoms with Crippen LogP contribution in [-0.2, 0) is 0 Å². The average molecular weight is 465 g/mol. The molecule has 0 bridgehead atoms. The third-order valence-electron chi connectivity index (χ3n) is 3.51. The van der Waals surface area contributed by atoms with E-state index in [1.54, 1.807) is 11.8 Å². The summed E-state index contributed by atoms with van der Waals surface area (Å²) in [5.41, 5.74) is 2.05. The van der Waals surface area contributed by atoms with Crippen LogP contribution in [0.5, 0.6) is 0 Å². The van der Waals surface area contributed by atoms with E-state index in [2.05, 4.69) is 5.32 Å². The highest BCUT2D eigenvalue weighted by Crippen LogP contribution is 2.41. The quantitative estimate of drug-likeness (QED) is 0.575. The molecular weight excluding hydrogens is 450 g/mol. The lowest BCUT2D eigenvalue weighted by Gasteiger charge is -2.21. The number of hydrogen-bond acceptors (Lipinski definition) is 3. The van der Waals surface area contributed by atoms with Gasteiger partial charge < -0.3 is 5.32 Å². The number of thioether (sulfide) groups is 1. The van der Waals surface area contributed by atoms with Crippen LogP contribution in [0, 0.1) is 0 Å². The highest BCUT2D eigenvalue weighted by molar-refractivity contribution is 14.0. The van der Waals surface area contributed by atoms with Crippen LogP contribution < -0.4 is 5.32 Å². The first kappa shape index (κ1) is 17.9. The molecule has 0 saturated carbocycles. The molecule has 0 aliphatic carbocycles. The van der Waals surface area contributed by atoms with E-state index in [4.69, 9.17) is 28.2 Å². The van der Waals surface area contributed by atoms with E-state index in [-0.39, 0.29) is 36.1 Å². The van der Waals surface area contributed by atoms with Gasteiger partial charge in [-0.15, -0.1) is 24.0 Å². The molecule has 0 amide bonds. The highest BCUT2D eigenvalue weighted by atomic mass is 127. The minimum atomic E-state index is -0.0685. The van der Waals surface area contributed by atoms with Gasteiger partial charge in [0.1, 0.15) is 6.04 Å². The molecule has 2 aromatic carbocycles. The van der Waals surface area contributed by atoms with Crippen molar-refractivity contribution < 1.29 is 0 Å². The number of nitrogens with zero attached hydrogens (tertiary/aromatic N) is 1. The molecule has 0 radical (unpaired) electrons. The van der Waals surface area contributed by atoms with Gasteiger partial charge in [-0.2, -0.15) is 0 Å². The van der Waals surface area contributed by atoms with Gasteiger partial charge in [0.05, 0.1) is 6.04 Å². The molecule has 2 atom stereocenters. The molecule has 1 N–H and O–H groups in total. The topological polar surface area (TPSA) is 24.4 Å². The van der Waals surface area contributed by atoms with Crippen molar-refractivity contribution in [2.24, 2.45) is 4.99 Å². The Balaban J connectivity index is 0.00000176. The van der Waals surface area contributed by atoms with Gasteiger partial charge in [-0.3, -0.25) is 4.99 Å². The number of rotatable bonds is 2. The Morgan fingerprint density at radius 1 is 0.955 bits per heavy atom. The molecule has 2 unspecified atom stereocenters. The van der Waals surface area contributed by atoms with E-state index in [0.29, 0.717) is 0 Å². The standard InChI is InChI=1S/C16H14Cl2N2S.HI/c1-21-16-19-14(10-6-2-4-8-12(10)17)15(20-16)11-7-3-5-9-13(11)18;/h2-9,14-15H,1H3,(H,19,20);1H. The highest BCUT2D eigenvalue weighted by Gasteiger charge is 2.33. The first-order chi connectivity index (χ1) is 10.2. The molecule has 0 fully saturated rings. The summed E-state index contributed by atoms with van der Waals surface area (Å²) < 4.78 is 0. The summed E-state index contributed by atoms with van der Waals surface area (Å²) in [5.74, 6) is 0. The second-order valence-electron chi connectivity index (χ2n) is 4.75. The van der Waals surface area contributed by atoms with E-state index in [0.717, 1.165) is 26.3 Å². The summed E-state index contributed by atoms with van der Waals surface area (Å²) in [6.45, 7) is 0. The fourth-order valence-corrected chi connectivity index (χ4v) is 3.47. The summed E-state index contributed by atoms with van der Waals surface area (Å²) >= 11 is 14.3. The molecule has 0 spiro atoms. The van der Waals surface area contributed by atoms with Crippen LogP contribution in [0.25, 0.3) is 0 Å². The van der Waals surface area contributed by atoms with Crippen LogP contribution in [-0.4, -0.2) is 11.4 Å². The summed E-state index contributed by atoms with van der Waals surface area (Å²) in [6, 6.07) is 15.6. The number of halogens is 3. The maximum absolute atomic E-state index is 6.36. The normalized spacial score (nSPS) is 20.0. The molecule has 2 nitrogen and oxygen atoms in total. The maximum atomic E-state index is 6.36. The molecule has 1 aliphatic rings. The van der Waals surface area contributed by atoms with Gasteiger partial charge in [0.2, 0.25) is 0 Å².